The molecule has 0 unspecified atom stereocenters. The molecule has 0 atom stereocenters. The number of carbonyl (C=O) groups excluding carboxylic acids is 1. The number of amides is 1. The molecule has 6 nitrogen and oxygen atoms in total. The van der Waals surface area contributed by atoms with Gasteiger partial charge >= 0.3 is 0 Å². The fraction of sp³-hybridized carbons (Fsp3) is 0.167. The van der Waals surface area contributed by atoms with Crippen LogP contribution in [0.1, 0.15) is 34.0 Å². The molecule has 0 fully saturated rings. The molecule has 1 amide bonds. The number of hydrogen-bond acceptors (Lipinski definition) is 4. The van der Waals surface area contributed by atoms with Crippen molar-refractivity contribution in [1.82, 2.24) is 9.73 Å². The number of nitrogens with one attached hydrogen (secondary N) is 1. The van der Waals surface area contributed by atoms with Gasteiger partial charge in [-0.1, -0.05) is 48.0 Å². The second-order valence-corrected chi connectivity index (χ2v) is 9.43. The van der Waals surface area contributed by atoms with Gasteiger partial charge in [-0.2, -0.15) is 9.41 Å². The van der Waals surface area contributed by atoms with Crippen molar-refractivity contribution in [2.45, 2.75) is 25.3 Å². The van der Waals surface area contributed by atoms with Gasteiger partial charge in [-0.25, -0.2) is 18.2 Å². The molecule has 32 heavy (non-hydrogen) atoms. The van der Waals surface area contributed by atoms with Gasteiger partial charge in [0.15, 0.2) is 0 Å². The van der Waals surface area contributed by atoms with Crippen LogP contribution in [0, 0.1) is 12.7 Å². The zero-order chi connectivity index (χ0) is 23.3. The van der Waals surface area contributed by atoms with E-state index in [2.05, 4.69) is 10.5 Å². The zero-order valence-corrected chi connectivity index (χ0v) is 18.9. The minimum absolute atomic E-state index is 0.155. The number of hydrazone groups is 1. The van der Waals surface area contributed by atoms with Gasteiger partial charge in [-0.05, 0) is 49.7 Å². The van der Waals surface area contributed by atoms with Crippen LogP contribution in [0.2, 0.25) is 0 Å². The molecule has 3 aromatic rings. The summed E-state index contributed by atoms with van der Waals surface area (Å²) in [7, 11) is -2.11. The lowest BCUT2D eigenvalue weighted by Crippen LogP contribution is -2.26. The summed E-state index contributed by atoms with van der Waals surface area (Å²) < 4.78 is 40.5. The van der Waals surface area contributed by atoms with E-state index >= 15 is 0 Å². The molecule has 0 aliphatic heterocycles. The molecule has 3 rings (SSSR count). The Kier molecular flexibility index (Phi) is 7.17. The largest absolute Gasteiger partial charge is 0.271 e. The first-order chi connectivity index (χ1) is 15.2. The highest BCUT2D eigenvalue weighted by atomic mass is 32.2. The Bertz CT molecular complexity index is 1240. The molecule has 8 heteroatoms. The summed E-state index contributed by atoms with van der Waals surface area (Å²) in [6.07, 6.45) is 0. The number of benzene rings is 3. The second kappa shape index (κ2) is 9.84. The third-order valence-electron chi connectivity index (χ3n) is 4.94. The molecule has 0 aliphatic rings. The normalized spacial score (nSPS) is 12.1. The summed E-state index contributed by atoms with van der Waals surface area (Å²) in [4.78, 5) is 12.6. The van der Waals surface area contributed by atoms with E-state index in [1.807, 2.05) is 6.92 Å². The molecule has 0 aromatic heterocycles. The van der Waals surface area contributed by atoms with Crippen molar-refractivity contribution in [3.63, 3.8) is 0 Å². The number of halogens is 1. The van der Waals surface area contributed by atoms with E-state index in [9.17, 15) is 17.6 Å². The van der Waals surface area contributed by atoms with Crippen molar-refractivity contribution in [2.75, 3.05) is 7.05 Å². The molecule has 0 heterocycles. The van der Waals surface area contributed by atoms with Crippen LogP contribution in [0.25, 0.3) is 0 Å². The third-order valence-corrected chi connectivity index (χ3v) is 6.76. The Labute approximate surface area is 187 Å². The first kappa shape index (κ1) is 23.3. The van der Waals surface area contributed by atoms with Gasteiger partial charge < -0.3 is 0 Å². The molecule has 0 saturated carbocycles. The molecule has 0 aliphatic carbocycles. The van der Waals surface area contributed by atoms with Crippen LogP contribution in [0.15, 0.2) is 82.8 Å². The average molecular weight is 454 g/mol. The van der Waals surface area contributed by atoms with E-state index < -0.39 is 21.7 Å². The number of rotatable bonds is 7. The van der Waals surface area contributed by atoms with E-state index in [0.29, 0.717) is 16.8 Å². The van der Waals surface area contributed by atoms with Crippen molar-refractivity contribution >= 4 is 21.6 Å². The highest BCUT2D eigenvalue weighted by Crippen LogP contribution is 2.18. The number of carbonyl (C=O) groups is 1. The van der Waals surface area contributed by atoms with Gasteiger partial charge in [0.25, 0.3) is 5.91 Å². The lowest BCUT2D eigenvalue weighted by molar-refractivity contribution is 0.0954. The predicted molar refractivity (Wildman–Crippen MR) is 122 cm³/mol. The van der Waals surface area contributed by atoms with Gasteiger partial charge in [0.05, 0.1) is 10.6 Å². The van der Waals surface area contributed by atoms with E-state index in [1.54, 1.807) is 73.7 Å². The Balaban J connectivity index is 1.65. The molecule has 0 saturated heterocycles. The minimum Gasteiger partial charge on any atom is -0.267 e. The first-order valence-electron chi connectivity index (χ1n) is 9.90. The lowest BCUT2D eigenvalue weighted by atomic mass is 10.1. The molecule has 0 spiro atoms. The number of sulfonamides is 1. The second-order valence-electron chi connectivity index (χ2n) is 7.39. The summed E-state index contributed by atoms with van der Waals surface area (Å²) in [5.41, 5.74) is 5.12. The van der Waals surface area contributed by atoms with Crippen LogP contribution in [-0.4, -0.2) is 31.4 Å². The highest BCUT2D eigenvalue weighted by molar-refractivity contribution is 7.89. The topological polar surface area (TPSA) is 78.8 Å². The van der Waals surface area contributed by atoms with Crippen molar-refractivity contribution < 1.29 is 17.6 Å². The summed E-state index contributed by atoms with van der Waals surface area (Å²) in [6, 6.07) is 19.4. The fourth-order valence-corrected chi connectivity index (χ4v) is 4.17. The quantitative estimate of drug-likeness (QED) is 0.432. The Morgan fingerprint density at radius 3 is 2.25 bits per heavy atom. The van der Waals surface area contributed by atoms with Gasteiger partial charge in [0, 0.05) is 24.7 Å². The van der Waals surface area contributed by atoms with Gasteiger partial charge in [-0.15, -0.1) is 0 Å². The SMILES string of the molecule is CC(=NNC(=O)c1ccc(CN(C)S(=O)(=O)c2ccc(C)cc2)cc1)c1ccccc1F. The standard InChI is InChI=1S/C24H24FN3O3S/c1-17-8-14-21(15-9-17)32(30,31)28(3)16-19-10-12-20(13-11-19)24(29)27-26-18(2)22-6-4-5-7-23(22)25/h4-15H,16H2,1-3H3,(H,27,29). The van der Waals surface area contributed by atoms with Crippen LogP contribution in [-0.2, 0) is 16.6 Å². The van der Waals surface area contributed by atoms with Crippen LogP contribution >= 0.6 is 0 Å². The number of aryl methyl sites for hydroxylation is 1. The molecule has 166 valence electrons. The molecule has 0 radical (unpaired) electrons. The van der Waals surface area contributed by atoms with Crippen LogP contribution < -0.4 is 5.43 Å². The number of hydrogen-bond donors (Lipinski definition) is 1. The maximum atomic E-state index is 13.8. The Morgan fingerprint density at radius 1 is 1.00 bits per heavy atom. The summed E-state index contributed by atoms with van der Waals surface area (Å²) in [5.74, 6) is -0.870. The minimum atomic E-state index is -3.62. The van der Waals surface area contributed by atoms with Crippen LogP contribution in [0.3, 0.4) is 0 Å². The smallest absolute Gasteiger partial charge is 0.267 e. The van der Waals surface area contributed by atoms with Crippen LogP contribution in [0.4, 0.5) is 4.39 Å². The predicted octanol–water partition coefficient (Wildman–Crippen LogP) is 4.11. The molecule has 3 aromatic carbocycles. The van der Waals surface area contributed by atoms with Crippen LogP contribution in [0.5, 0.6) is 0 Å². The van der Waals surface area contributed by atoms with Gasteiger partial charge in [-0.3, -0.25) is 4.79 Å². The lowest BCUT2D eigenvalue weighted by Gasteiger charge is -2.17. The van der Waals surface area contributed by atoms with Crippen molar-refractivity contribution in [1.29, 1.82) is 0 Å². The highest BCUT2D eigenvalue weighted by Gasteiger charge is 2.20. The maximum Gasteiger partial charge on any atom is 0.271 e. The van der Waals surface area contributed by atoms with Crippen molar-refractivity contribution in [2.24, 2.45) is 5.10 Å². The first-order valence-corrected chi connectivity index (χ1v) is 11.3. The Morgan fingerprint density at radius 2 is 1.62 bits per heavy atom. The zero-order valence-electron chi connectivity index (χ0n) is 18.0. The van der Waals surface area contributed by atoms with E-state index in [4.69, 9.17) is 0 Å². The van der Waals surface area contributed by atoms with E-state index in [1.165, 1.54) is 17.4 Å². The maximum absolute atomic E-state index is 13.8. The Hall–Kier alpha value is -3.36. The average Bonchev–Trinajstić information content (AvgIpc) is 2.78. The summed E-state index contributed by atoms with van der Waals surface area (Å²) in [6.45, 7) is 3.65. The molecular formula is C24H24FN3O3S. The van der Waals surface area contributed by atoms with Gasteiger partial charge in [0.1, 0.15) is 5.82 Å². The molecular weight excluding hydrogens is 429 g/mol. The molecule has 1 N–H and O–H groups in total. The van der Waals surface area contributed by atoms with E-state index in [0.717, 1.165) is 11.1 Å². The third kappa shape index (κ3) is 5.46. The monoisotopic (exact) mass is 453 g/mol. The number of nitrogens with zero attached hydrogens (tertiary/aromatic N) is 2. The van der Waals surface area contributed by atoms with Gasteiger partial charge in [0.2, 0.25) is 10.0 Å². The van der Waals surface area contributed by atoms with E-state index in [-0.39, 0.29) is 11.4 Å². The molecule has 0 bridgehead atoms. The summed E-state index contributed by atoms with van der Waals surface area (Å²) >= 11 is 0. The summed E-state index contributed by atoms with van der Waals surface area (Å²) in [5, 5.41) is 3.96. The fourth-order valence-electron chi connectivity index (χ4n) is 3.01. The van der Waals surface area contributed by atoms with Crippen molar-refractivity contribution in [3.05, 3.63) is 101 Å². The van der Waals surface area contributed by atoms with Crippen molar-refractivity contribution in [3.8, 4) is 0 Å².